The van der Waals surface area contributed by atoms with Crippen molar-refractivity contribution in [3.05, 3.63) is 0 Å². The summed E-state index contributed by atoms with van der Waals surface area (Å²) < 4.78 is 0. The van der Waals surface area contributed by atoms with Crippen LogP contribution < -0.4 is 21.3 Å². The van der Waals surface area contributed by atoms with Gasteiger partial charge in [-0.1, -0.05) is 19.3 Å². The van der Waals surface area contributed by atoms with Gasteiger partial charge in [0.05, 0.1) is 6.17 Å². The third kappa shape index (κ3) is 5.86. The van der Waals surface area contributed by atoms with Gasteiger partial charge in [-0.2, -0.15) is 0 Å². The van der Waals surface area contributed by atoms with Gasteiger partial charge in [0.2, 0.25) is 5.91 Å². The van der Waals surface area contributed by atoms with Crippen LogP contribution in [-0.2, 0) is 4.79 Å². The first-order valence-corrected chi connectivity index (χ1v) is 12.2. The minimum Gasteiger partial charge on any atom is -0.353 e. The third-order valence-corrected chi connectivity index (χ3v) is 7.42. The molecule has 3 amide bonds. The van der Waals surface area contributed by atoms with E-state index < -0.39 is 0 Å². The maximum Gasteiger partial charge on any atom is 0.317 e. The summed E-state index contributed by atoms with van der Waals surface area (Å²) in [6.45, 7) is 5.34. The zero-order valence-electron chi connectivity index (χ0n) is 18.3. The third-order valence-electron chi connectivity index (χ3n) is 7.42. The first-order valence-electron chi connectivity index (χ1n) is 12.2. The molecule has 0 aromatic heterocycles. The molecule has 4 N–H and O–H groups in total. The molecule has 4 aliphatic rings. The van der Waals surface area contributed by atoms with E-state index in [4.69, 9.17) is 0 Å². The summed E-state index contributed by atoms with van der Waals surface area (Å²) in [5.74, 6) is 0.453. The summed E-state index contributed by atoms with van der Waals surface area (Å²) >= 11 is 0. The molecule has 8 nitrogen and oxygen atoms in total. The largest absolute Gasteiger partial charge is 0.353 e. The number of nitrogens with zero attached hydrogens (tertiary/aromatic N) is 2. The van der Waals surface area contributed by atoms with Gasteiger partial charge in [-0.3, -0.25) is 15.0 Å². The Kier molecular flexibility index (Phi) is 7.84. The van der Waals surface area contributed by atoms with E-state index in [1.165, 1.54) is 19.3 Å². The van der Waals surface area contributed by atoms with Crippen molar-refractivity contribution in [1.82, 2.24) is 31.1 Å². The monoisotopic (exact) mass is 420 g/mol. The predicted molar refractivity (Wildman–Crippen MR) is 117 cm³/mol. The number of carbonyl (C=O) groups is 2. The lowest BCUT2D eigenvalue weighted by molar-refractivity contribution is -0.126. The number of hydrogen-bond donors (Lipinski definition) is 4. The van der Waals surface area contributed by atoms with E-state index in [9.17, 15) is 9.59 Å². The lowest BCUT2D eigenvalue weighted by Gasteiger charge is -2.41. The van der Waals surface area contributed by atoms with Gasteiger partial charge in [0.25, 0.3) is 0 Å². The molecule has 0 aromatic rings. The van der Waals surface area contributed by atoms with Crippen LogP contribution in [0.15, 0.2) is 0 Å². The molecule has 170 valence electrons. The summed E-state index contributed by atoms with van der Waals surface area (Å²) in [5, 5.41) is 13.4. The van der Waals surface area contributed by atoms with Crippen LogP contribution in [0.4, 0.5) is 4.79 Å². The number of hydrogen-bond acceptors (Lipinski definition) is 5. The lowest BCUT2D eigenvalue weighted by Crippen LogP contribution is -2.61. The van der Waals surface area contributed by atoms with Crippen LogP contribution in [0.5, 0.6) is 0 Å². The molecule has 2 aliphatic heterocycles. The van der Waals surface area contributed by atoms with Crippen molar-refractivity contribution in [2.24, 2.45) is 5.92 Å². The summed E-state index contributed by atoms with van der Waals surface area (Å²) in [4.78, 5) is 29.8. The van der Waals surface area contributed by atoms with Gasteiger partial charge in [-0.15, -0.1) is 0 Å². The molecular formula is C22H40N6O2. The predicted octanol–water partition coefficient (Wildman–Crippen LogP) is 1.19. The van der Waals surface area contributed by atoms with Crippen molar-refractivity contribution >= 4 is 11.9 Å². The van der Waals surface area contributed by atoms with Crippen LogP contribution in [0.3, 0.4) is 0 Å². The molecule has 2 aliphatic carbocycles. The first kappa shape index (κ1) is 21.8. The molecular weight excluding hydrogens is 380 g/mol. The molecule has 2 heterocycles. The lowest BCUT2D eigenvalue weighted by atomic mass is 9.87. The second kappa shape index (κ2) is 10.8. The van der Waals surface area contributed by atoms with Crippen molar-refractivity contribution in [2.45, 2.75) is 82.5 Å². The topological polar surface area (TPSA) is 88.7 Å². The average Bonchev–Trinajstić information content (AvgIpc) is 2.80. The van der Waals surface area contributed by atoms with E-state index in [-0.39, 0.29) is 29.9 Å². The van der Waals surface area contributed by atoms with Crippen molar-refractivity contribution in [1.29, 1.82) is 0 Å². The summed E-state index contributed by atoms with van der Waals surface area (Å²) in [6, 6.07) is 0.450. The number of rotatable bonds is 4. The van der Waals surface area contributed by atoms with E-state index in [0.29, 0.717) is 6.17 Å². The fraction of sp³-hybridized carbons (Fsp3) is 0.909. The molecule has 4 fully saturated rings. The van der Waals surface area contributed by atoms with E-state index in [0.717, 1.165) is 84.3 Å². The number of amides is 3. The fourth-order valence-corrected chi connectivity index (χ4v) is 5.57. The Morgan fingerprint density at radius 1 is 0.800 bits per heavy atom. The molecule has 30 heavy (non-hydrogen) atoms. The van der Waals surface area contributed by atoms with Crippen LogP contribution in [0, 0.1) is 5.92 Å². The summed E-state index contributed by atoms with van der Waals surface area (Å²) in [7, 11) is 0. The van der Waals surface area contributed by atoms with Crippen LogP contribution >= 0.6 is 0 Å². The molecule has 0 aromatic carbocycles. The van der Waals surface area contributed by atoms with Gasteiger partial charge < -0.3 is 20.9 Å². The molecule has 3 atom stereocenters. The van der Waals surface area contributed by atoms with Crippen LogP contribution in [0.2, 0.25) is 0 Å². The molecule has 2 saturated heterocycles. The summed E-state index contributed by atoms with van der Waals surface area (Å²) in [5.41, 5.74) is 0. The normalized spacial score (nSPS) is 31.9. The summed E-state index contributed by atoms with van der Waals surface area (Å²) in [6.07, 6.45) is 11.2. The average molecular weight is 421 g/mol. The van der Waals surface area contributed by atoms with Crippen molar-refractivity contribution < 1.29 is 9.59 Å². The second-order valence-corrected chi connectivity index (χ2v) is 9.56. The SMILES string of the molecule is O=C(NC1CCCC(NC(=O)N2CCN(C3CCNCN3)CC2)C1)C1CCCCC1. The van der Waals surface area contributed by atoms with Gasteiger partial charge in [0.1, 0.15) is 0 Å². The fourth-order valence-electron chi connectivity index (χ4n) is 5.57. The van der Waals surface area contributed by atoms with Gasteiger partial charge in [-0.25, -0.2) is 4.79 Å². The molecule has 0 radical (unpaired) electrons. The van der Waals surface area contributed by atoms with Crippen molar-refractivity contribution in [3.8, 4) is 0 Å². The first-order chi connectivity index (χ1) is 14.7. The number of nitrogens with one attached hydrogen (secondary N) is 4. The molecule has 2 saturated carbocycles. The Morgan fingerprint density at radius 3 is 2.23 bits per heavy atom. The Labute approximate surface area is 180 Å². The van der Waals surface area contributed by atoms with Crippen molar-refractivity contribution in [3.63, 3.8) is 0 Å². The van der Waals surface area contributed by atoms with Gasteiger partial charge in [0.15, 0.2) is 0 Å². The van der Waals surface area contributed by atoms with Crippen LogP contribution in [-0.4, -0.2) is 79.4 Å². The van der Waals surface area contributed by atoms with Crippen LogP contribution in [0.25, 0.3) is 0 Å². The van der Waals surface area contributed by atoms with E-state index in [1.807, 2.05) is 4.90 Å². The minimum atomic E-state index is 0.0668. The number of urea groups is 1. The van der Waals surface area contributed by atoms with E-state index in [1.54, 1.807) is 0 Å². The molecule has 3 unspecified atom stereocenters. The van der Waals surface area contributed by atoms with E-state index in [2.05, 4.69) is 26.2 Å². The van der Waals surface area contributed by atoms with Gasteiger partial charge in [-0.05, 0) is 51.5 Å². The highest BCUT2D eigenvalue weighted by Crippen LogP contribution is 2.25. The van der Waals surface area contributed by atoms with E-state index >= 15 is 0 Å². The van der Waals surface area contributed by atoms with Gasteiger partial charge in [0, 0.05) is 50.8 Å². The minimum absolute atomic E-state index is 0.0668. The molecule has 0 spiro atoms. The quantitative estimate of drug-likeness (QED) is 0.549. The van der Waals surface area contributed by atoms with Crippen LogP contribution in [0.1, 0.15) is 64.2 Å². The smallest absolute Gasteiger partial charge is 0.317 e. The highest BCUT2D eigenvalue weighted by Gasteiger charge is 2.30. The molecule has 0 bridgehead atoms. The maximum atomic E-state index is 12.8. The maximum absolute atomic E-state index is 12.8. The Bertz CT molecular complexity index is 568. The van der Waals surface area contributed by atoms with Crippen molar-refractivity contribution in [2.75, 3.05) is 39.4 Å². The number of carbonyl (C=O) groups excluding carboxylic acids is 2. The number of piperazine rings is 1. The highest BCUT2D eigenvalue weighted by atomic mass is 16.2. The zero-order valence-corrected chi connectivity index (χ0v) is 18.3. The standard InChI is InChI=1S/C22H40N6O2/c29-21(17-5-2-1-3-6-17)25-18-7-4-8-19(15-18)26-22(30)28-13-11-27(12-14-28)20-9-10-23-16-24-20/h17-20,23-24H,1-16H2,(H,25,29)(H,26,30). The van der Waals surface area contributed by atoms with Gasteiger partial charge >= 0.3 is 6.03 Å². The second-order valence-electron chi connectivity index (χ2n) is 9.56. The zero-order chi connectivity index (χ0) is 20.8. The molecule has 8 heteroatoms. The Hall–Kier alpha value is -1.38. The highest BCUT2D eigenvalue weighted by molar-refractivity contribution is 5.79. The Balaban J connectivity index is 1.18. The Morgan fingerprint density at radius 2 is 1.53 bits per heavy atom. The molecule has 4 rings (SSSR count).